The number of carbonyl (C=O) groups excluding carboxylic acids is 3. The molecular weight excluding hydrogens is 787 g/mol. The summed E-state index contributed by atoms with van der Waals surface area (Å²) in [5.74, 6) is -1.82. The lowest BCUT2D eigenvalue weighted by molar-refractivity contribution is -0.889. The number of quaternary nitrogens is 1. The topological polar surface area (TPSA) is 102 Å². The van der Waals surface area contributed by atoms with Gasteiger partial charge in [-0.2, -0.15) is 0 Å². The molecule has 8 nitrogen and oxygen atoms in total. The second-order valence-electron chi connectivity index (χ2n) is 17.7. The van der Waals surface area contributed by atoms with E-state index in [1.165, 1.54) is 89.9 Å². The first-order chi connectivity index (χ1) is 30.6. The van der Waals surface area contributed by atoms with Crippen LogP contribution < -0.4 is 5.11 Å². The van der Waals surface area contributed by atoms with Crippen molar-refractivity contribution in [3.63, 3.8) is 0 Å². The van der Waals surface area contributed by atoms with Crippen LogP contribution in [0.25, 0.3) is 0 Å². The Morgan fingerprint density at radius 2 is 0.905 bits per heavy atom. The van der Waals surface area contributed by atoms with Crippen LogP contribution in [0.2, 0.25) is 0 Å². The molecule has 0 amide bonds. The van der Waals surface area contributed by atoms with E-state index in [0.717, 1.165) is 64.2 Å². The summed E-state index contributed by atoms with van der Waals surface area (Å²) in [5, 5.41) is 11.7. The molecule has 0 aliphatic rings. The minimum absolute atomic E-state index is 0.0167. The molecular formula is C55H93NO7. The molecule has 0 rings (SSSR count). The minimum Gasteiger partial charge on any atom is -0.544 e. The highest BCUT2D eigenvalue weighted by Crippen LogP contribution is 2.14. The van der Waals surface area contributed by atoms with Crippen molar-refractivity contribution in [3.8, 4) is 0 Å². The van der Waals surface area contributed by atoms with Gasteiger partial charge in [-0.15, -0.1) is 0 Å². The van der Waals surface area contributed by atoms with Crippen LogP contribution in [-0.2, 0) is 28.6 Å². The van der Waals surface area contributed by atoms with Gasteiger partial charge in [-0.3, -0.25) is 9.59 Å². The van der Waals surface area contributed by atoms with Crippen LogP contribution in [0.15, 0.2) is 85.1 Å². The number of carbonyl (C=O) groups is 3. The van der Waals surface area contributed by atoms with Gasteiger partial charge in [0, 0.05) is 19.3 Å². The third-order valence-electron chi connectivity index (χ3n) is 10.8. The zero-order valence-electron chi connectivity index (χ0n) is 41.0. The number of carboxylic acids is 1. The largest absolute Gasteiger partial charge is 0.544 e. The molecule has 0 heterocycles. The Morgan fingerprint density at radius 1 is 0.492 bits per heavy atom. The van der Waals surface area contributed by atoms with Crippen molar-refractivity contribution in [2.24, 2.45) is 0 Å². The van der Waals surface area contributed by atoms with Gasteiger partial charge in [0.15, 0.2) is 6.10 Å². The predicted octanol–water partition coefficient (Wildman–Crippen LogP) is 13.1. The van der Waals surface area contributed by atoms with Gasteiger partial charge in [0.05, 0.1) is 40.3 Å². The van der Waals surface area contributed by atoms with Gasteiger partial charge in [0.1, 0.15) is 12.6 Å². The average molecular weight is 880 g/mol. The van der Waals surface area contributed by atoms with Gasteiger partial charge in [-0.25, -0.2) is 0 Å². The molecule has 0 aliphatic carbocycles. The summed E-state index contributed by atoms with van der Waals surface area (Å²) in [5.41, 5.74) is 0. The van der Waals surface area contributed by atoms with Gasteiger partial charge < -0.3 is 28.6 Å². The second kappa shape index (κ2) is 45.1. The smallest absolute Gasteiger partial charge is 0.306 e. The Kier molecular flexibility index (Phi) is 42.6. The van der Waals surface area contributed by atoms with Crippen molar-refractivity contribution in [1.29, 1.82) is 0 Å². The molecule has 0 aliphatic heterocycles. The van der Waals surface area contributed by atoms with Crippen LogP contribution in [-0.4, -0.2) is 75.5 Å². The first-order valence-corrected chi connectivity index (χ1v) is 25.1. The number of hydrogen-bond donors (Lipinski definition) is 0. The minimum atomic E-state index is -1.14. The van der Waals surface area contributed by atoms with Crippen molar-refractivity contribution in [2.45, 2.75) is 206 Å². The standard InChI is InChI=1S/C55H93NO7/c1-6-8-10-12-14-16-18-20-22-24-26-28-29-31-33-35-37-39-41-43-45-53(57)62-50-51(49-61-48-47-52(55(59)60)56(3,4)5)63-54(58)46-44-42-40-38-36-34-32-30-27-25-23-21-19-17-15-13-11-9-7-2/h8,10,14,16,20,22,25-28,31,33,37,39,51-52H,6-7,9,11-13,15,17-19,21,23-24,29-30,32,34-36,38,40-50H2,1-5H3/b10-8+,16-14+,22-20+,27-25+,28-26+,33-31+,39-37+. The van der Waals surface area contributed by atoms with Gasteiger partial charge >= 0.3 is 11.9 Å². The molecule has 0 aromatic rings. The van der Waals surface area contributed by atoms with E-state index in [1.54, 1.807) is 21.1 Å². The monoisotopic (exact) mass is 880 g/mol. The first-order valence-electron chi connectivity index (χ1n) is 25.1. The molecule has 0 N–H and O–H groups in total. The maximum Gasteiger partial charge on any atom is 0.306 e. The summed E-state index contributed by atoms with van der Waals surface area (Å²) in [7, 11) is 5.39. The summed E-state index contributed by atoms with van der Waals surface area (Å²) in [4.78, 5) is 37.0. The Hall–Kier alpha value is -3.49. The maximum absolute atomic E-state index is 12.8. The van der Waals surface area contributed by atoms with Gasteiger partial charge in [0.2, 0.25) is 0 Å². The number of carboxylic acid groups (broad SMARTS) is 1. The summed E-state index contributed by atoms with van der Waals surface area (Å²) >= 11 is 0. The number of esters is 2. The van der Waals surface area contributed by atoms with Crippen molar-refractivity contribution in [3.05, 3.63) is 85.1 Å². The van der Waals surface area contributed by atoms with E-state index >= 15 is 0 Å². The molecule has 360 valence electrons. The molecule has 0 radical (unpaired) electrons. The highest BCUT2D eigenvalue weighted by molar-refractivity contribution is 5.70. The quantitative estimate of drug-likeness (QED) is 0.0260. The van der Waals surface area contributed by atoms with E-state index in [2.05, 4.69) is 98.9 Å². The fraction of sp³-hybridized carbons (Fsp3) is 0.691. The molecule has 0 saturated carbocycles. The van der Waals surface area contributed by atoms with Crippen molar-refractivity contribution in [1.82, 2.24) is 0 Å². The summed E-state index contributed by atoms with van der Waals surface area (Å²) in [6.07, 6.45) is 59.0. The fourth-order valence-corrected chi connectivity index (χ4v) is 6.90. The molecule has 0 aromatic carbocycles. The number of allylic oxidation sites excluding steroid dienone is 14. The number of nitrogens with zero attached hydrogens (tertiary/aromatic N) is 1. The molecule has 0 spiro atoms. The molecule has 2 unspecified atom stereocenters. The van der Waals surface area contributed by atoms with E-state index < -0.39 is 18.1 Å². The van der Waals surface area contributed by atoms with Crippen molar-refractivity contribution < 1.29 is 38.2 Å². The zero-order valence-corrected chi connectivity index (χ0v) is 41.0. The molecule has 0 saturated heterocycles. The van der Waals surface area contributed by atoms with Crippen LogP contribution in [0.5, 0.6) is 0 Å². The molecule has 8 heteroatoms. The molecule has 0 fully saturated rings. The number of likely N-dealkylation sites (N-methyl/N-ethyl adjacent to an activating group) is 1. The highest BCUT2D eigenvalue weighted by atomic mass is 16.6. The Bertz CT molecular complexity index is 1300. The number of rotatable bonds is 44. The zero-order chi connectivity index (χ0) is 46.3. The first kappa shape index (κ1) is 59.5. The maximum atomic E-state index is 12.8. The van der Waals surface area contributed by atoms with Gasteiger partial charge in [-0.1, -0.05) is 176 Å². The number of aliphatic carboxylic acids is 1. The van der Waals surface area contributed by atoms with Crippen molar-refractivity contribution in [2.75, 3.05) is 41.0 Å². The molecule has 0 bridgehead atoms. The number of hydrogen-bond acceptors (Lipinski definition) is 7. The third kappa shape index (κ3) is 43.5. The van der Waals surface area contributed by atoms with Crippen LogP contribution in [0, 0.1) is 0 Å². The van der Waals surface area contributed by atoms with Crippen LogP contribution in [0.1, 0.15) is 194 Å². The number of ether oxygens (including phenoxy) is 3. The highest BCUT2D eigenvalue weighted by Gasteiger charge is 2.25. The molecule has 2 atom stereocenters. The Morgan fingerprint density at radius 3 is 1.38 bits per heavy atom. The van der Waals surface area contributed by atoms with E-state index in [-0.39, 0.29) is 49.1 Å². The third-order valence-corrected chi connectivity index (χ3v) is 10.8. The van der Waals surface area contributed by atoms with E-state index in [4.69, 9.17) is 14.2 Å². The summed E-state index contributed by atoms with van der Waals surface area (Å²) in [6.45, 7) is 4.48. The lowest BCUT2D eigenvalue weighted by Gasteiger charge is -2.34. The Labute approximate surface area is 386 Å². The predicted molar refractivity (Wildman–Crippen MR) is 263 cm³/mol. The second-order valence-corrected chi connectivity index (χ2v) is 17.7. The van der Waals surface area contributed by atoms with Crippen LogP contribution >= 0.6 is 0 Å². The number of unbranched alkanes of at least 4 members (excludes halogenated alkanes) is 16. The van der Waals surface area contributed by atoms with Crippen LogP contribution in [0.3, 0.4) is 0 Å². The molecule has 63 heavy (non-hydrogen) atoms. The van der Waals surface area contributed by atoms with Gasteiger partial charge in [-0.05, 0) is 83.5 Å². The normalized spacial score (nSPS) is 13.6. The lowest BCUT2D eigenvalue weighted by atomic mass is 10.1. The fourth-order valence-electron chi connectivity index (χ4n) is 6.90. The average Bonchev–Trinajstić information content (AvgIpc) is 3.24. The van der Waals surface area contributed by atoms with E-state index in [9.17, 15) is 19.5 Å². The van der Waals surface area contributed by atoms with E-state index in [1.807, 2.05) is 0 Å². The Balaban J connectivity index is 4.38. The summed E-state index contributed by atoms with van der Waals surface area (Å²) < 4.78 is 17.2. The molecule has 0 aromatic heterocycles. The van der Waals surface area contributed by atoms with Crippen molar-refractivity contribution >= 4 is 17.9 Å². The SMILES string of the molecule is CC/C=C/C/C=C/C/C=C/C/C=C/C/C=C/C/C=C/CCCC(=O)OCC(COCCC(C(=O)[O-])[N+](C)(C)C)OC(=O)CCCCCCCCC/C=C/CCCCCCCCCC. The van der Waals surface area contributed by atoms with Gasteiger partial charge in [0.25, 0.3) is 0 Å². The lowest BCUT2D eigenvalue weighted by Crippen LogP contribution is -2.55. The van der Waals surface area contributed by atoms with Crippen LogP contribution in [0.4, 0.5) is 0 Å². The van der Waals surface area contributed by atoms with E-state index in [0.29, 0.717) is 12.8 Å². The summed E-state index contributed by atoms with van der Waals surface area (Å²) in [6, 6.07) is -0.740.